The van der Waals surface area contributed by atoms with Crippen LogP contribution < -0.4 is 9.64 Å². The summed E-state index contributed by atoms with van der Waals surface area (Å²) >= 11 is 0. The third-order valence-electron chi connectivity index (χ3n) is 5.88. The van der Waals surface area contributed by atoms with E-state index in [1.807, 2.05) is 23.1 Å². The number of anilines is 1. The second-order valence-electron chi connectivity index (χ2n) is 7.77. The lowest BCUT2D eigenvalue weighted by molar-refractivity contribution is -0.118. The highest BCUT2D eigenvalue weighted by Crippen LogP contribution is 2.29. The normalized spacial score (nSPS) is 17.3. The quantitative estimate of drug-likeness (QED) is 0.685. The molecule has 1 fully saturated rings. The highest BCUT2D eigenvalue weighted by molar-refractivity contribution is 7.89. The molecule has 0 spiro atoms. The number of hydrogen-bond donors (Lipinski definition) is 0. The van der Waals surface area contributed by atoms with Gasteiger partial charge in [-0.05, 0) is 54.7 Å². The van der Waals surface area contributed by atoms with Crippen molar-refractivity contribution >= 4 is 21.6 Å². The molecule has 2 aliphatic rings. The lowest BCUT2D eigenvalue weighted by atomic mass is 10.0. The third kappa shape index (κ3) is 4.61. The van der Waals surface area contributed by atoms with Crippen LogP contribution in [0.5, 0.6) is 5.75 Å². The molecule has 2 aliphatic heterocycles. The van der Waals surface area contributed by atoms with Crippen LogP contribution in [0, 0.1) is 0 Å². The molecule has 4 rings (SSSR count). The predicted octanol–water partition coefficient (Wildman–Crippen LogP) is 2.63. The minimum atomic E-state index is -3.61. The van der Waals surface area contributed by atoms with Crippen molar-refractivity contribution in [2.24, 2.45) is 0 Å². The second-order valence-corrected chi connectivity index (χ2v) is 9.71. The number of fused-ring (bicyclic) bond motifs is 1. The van der Waals surface area contributed by atoms with E-state index in [0.29, 0.717) is 45.0 Å². The van der Waals surface area contributed by atoms with Crippen LogP contribution in [0.15, 0.2) is 47.4 Å². The molecule has 2 aromatic rings. The number of rotatable bonds is 6. The van der Waals surface area contributed by atoms with Gasteiger partial charge in [-0.2, -0.15) is 4.31 Å². The number of benzene rings is 2. The van der Waals surface area contributed by atoms with E-state index in [-0.39, 0.29) is 17.2 Å². The molecule has 0 unspecified atom stereocenters. The lowest BCUT2D eigenvalue weighted by Gasteiger charge is -2.29. The first-order valence-corrected chi connectivity index (χ1v) is 12.1. The summed E-state index contributed by atoms with van der Waals surface area (Å²) in [7, 11) is -2.05. The Morgan fingerprint density at radius 2 is 1.87 bits per heavy atom. The van der Waals surface area contributed by atoms with Crippen molar-refractivity contribution < 1.29 is 22.7 Å². The number of sulfonamides is 1. The maximum atomic E-state index is 13.0. The molecular formula is C23H28N2O5S. The number of carbonyl (C=O) groups excluding carboxylic acids is 1. The number of hydrogen-bond acceptors (Lipinski definition) is 5. The molecular weight excluding hydrogens is 416 g/mol. The zero-order valence-corrected chi connectivity index (χ0v) is 18.6. The summed E-state index contributed by atoms with van der Waals surface area (Å²) in [4.78, 5) is 15.1. The topological polar surface area (TPSA) is 76.1 Å². The molecule has 0 aliphatic carbocycles. The molecule has 2 heterocycles. The summed E-state index contributed by atoms with van der Waals surface area (Å²) < 4.78 is 38.2. The minimum absolute atomic E-state index is 0.0376. The Hall–Kier alpha value is -2.42. The van der Waals surface area contributed by atoms with Crippen LogP contribution in [0.4, 0.5) is 5.69 Å². The second kappa shape index (κ2) is 9.38. The molecule has 1 amide bonds. The van der Waals surface area contributed by atoms with E-state index in [4.69, 9.17) is 9.47 Å². The van der Waals surface area contributed by atoms with Crippen molar-refractivity contribution in [3.63, 3.8) is 0 Å². The smallest absolute Gasteiger partial charge is 0.243 e. The number of ether oxygens (including phenoxy) is 2. The van der Waals surface area contributed by atoms with Crippen molar-refractivity contribution in [3.8, 4) is 5.75 Å². The Labute approximate surface area is 183 Å². The predicted molar refractivity (Wildman–Crippen MR) is 118 cm³/mol. The van der Waals surface area contributed by atoms with Crippen molar-refractivity contribution in [1.82, 2.24) is 4.31 Å². The van der Waals surface area contributed by atoms with Crippen molar-refractivity contribution in [2.45, 2.75) is 30.6 Å². The number of methoxy groups -OCH3 is 1. The summed E-state index contributed by atoms with van der Waals surface area (Å²) in [5.74, 6) is 0.628. The maximum absolute atomic E-state index is 13.0. The van der Waals surface area contributed by atoms with Crippen LogP contribution >= 0.6 is 0 Å². The van der Waals surface area contributed by atoms with Gasteiger partial charge in [-0.3, -0.25) is 4.79 Å². The van der Waals surface area contributed by atoms with Gasteiger partial charge in [0.15, 0.2) is 0 Å². The third-order valence-corrected chi connectivity index (χ3v) is 7.77. The van der Waals surface area contributed by atoms with E-state index in [1.54, 1.807) is 25.3 Å². The van der Waals surface area contributed by atoms with Gasteiger partial charge >= 0.3 is 0 Å². The zero-order valence-electron chi connectivity index (χ0n) is 17.7. The van der Waals surface area contributed by atoms with Crippen LogP contribution in [0.2, 0.25) is 0 Å². The molecule has 7 nitrogen and oxygen atoms in total. The van der Waals surface area contributed by atoms with E-state index in [1.165, 1.54) is 9.87 Å². The largest absolute Gasteiger partial charge is 0.496 e. The zero-order chi connectivity index (χ0) is 21.8. The first kappa shape index (κ1) is 21.8. The summed E-state index contributed by atoms with van der Waals surface area (Å²) in [6.45, 7) is 2.19. The minimum Gasteiger partial charge on any atom is -0.496 e. The Bertz CT molecular complexity index is 1050. The monoisotopic (exact) mass is 444 g/mol. The van der Waals surface area contributed by atoms with Gasteiger partial charge in [0.05, 0.1) is 25.2 Å². The Morgan fingerprint density at radius 3 is 2.65 bits per heavy atom. The van der Waals surface area contributed by atoms with Gasteiger partial charge in [0.25, 0.3) is 0 Å². The average molecular weight is 445 g/mol. The summed E-state index contributed by atoms with van der Waals surface area (Å²) in [5.41, 5.74) is 2.89. The standard InChI is InChI=1S/C23H28N2O5S/c1-29-22-10-9-20(31(27,28)24-13-15-30-16-14-24)17-19(22)8-11-23(26)25-12-4-6-18-5-2-3-7-21(18)25/h2-3,5,7,9-10,17H,4,6,8,11-16H2,1H3. The molecule has 166 valence electrons. The average Bonchev–Trinajstić information content (AvgIpc) is 2.82. The van der Waals surface area contributed by atoms with Crippen molar-refractivity contribution in [1.29, 1.82) is 0 Å². The number of nitrogens with zero attached hydrogens (tertiary/aromatic N) is 2. The SMILES string of the molecule is COc1ccc(S(=O)(=O)N2CCOCC2)cc1CCC(=O)N1CCCc2ccccc21. The fraction of sp³-hybridized carbons (Fsp3) is 0.435. The van der Waals surface area contributed by atoms with Crippen LogP contribution in [0.25, 0.3) is 0 Å². The van der Waals surface area contributed by atoms with Gasteiger partial charge in [0.1, 0.15) is 5.75 Å². The van der Waals surface area contributed by atoms with E-state index < -0.39 is 10.0 Å². The van der Waals surface area contributed by atoms with Crippen LogP contribution in [-0.4, -0.2) is 58.6 Å². The Balaban J connectivity index is 1.52. The van der Waals surface area contributed by atoms with Gasteiger partial charge in [0.2, 0.25) is 15.9 Å². The number of amides is 1. The van der Waals surface area contributed by atoms with Gasteiger partial charge in [-0.25, -0.2) is 8.42 Å². The van der Waals surface area contributed by atoms with Crippen LogP contribution in [0.1, 0.15) is 24.0 Å². The highest BCUT2D eigenvalue weighted by Gasteiger charge is 2.27. The first-order chi connectivity index (χ1) is 15.0. The van der Waals surface area contributed by atoms with E-state index in [9.17, 15) is 13.2 Å². The first-order valence-electron chi connectivity index (χ1n) is 10.6. The maximum Gasteiger partial charge on any atom is 0.243 e. The van der Waals surface area contributed by atoms with E-state index >= 15 is 0 Å². The van der Waals surface area contributed by atoms with Crippen LogP contribution in [-0.2, 0) is 32.4 Å². The highest BCUT2D eigenvalue weighted by atomic mass is 32.2. The number of carbonyl (C=O) groups is 1. The number of morpholine rings is 1. The van der Waals surface area contributed by atoms with Crippen molar-refractivity contribution in [2.75, 3.05) is 44.9 Å². The van der Waals surface area contributed by atoms with E-state index in [2.05, 4.69) is 6.07 Å². The van der Waals surface area contributed by atoms with Crippen LogP contribution in [0.3, 0.4) is 0 Å². The molecule has 1 saturated heterocycles. The molecule has 0 aromatic heterocycles. The summed E-state index contributed by atoms with van der Waals surface area (Å²) in [6, 6.07) is 12.9. The van der Waals surface area contributed by atoms with E-state index in [0.717, 1.165) is 24.1 Å². The Morgan fingerprint density at radius 1 is 1.10 bits per heavy atom. The summed E-state index contributed by atoms with van der Waals surface area (Å²) in [6.07, 6.45) is 2.62. The van der Waals surface area contributed by atoms with Gasteiger partial charge in [-0.1, -0.05) is 18.2 Å². The lowest BCUT2D eigenvalue weighted by Crippen LogP contribution is -2.40. The Kier molecular flexibility index (Phi) is 6.60. The molecule has 0 N–H and O–H groups in total. The van der Waals surface area contributed by atoms with Gasteiger partial charge in [0, 0.05) is 31.7 Å². The fourth-order valence-corrected chi connectivity index (χ4v) is 5.68. The summed E-state index contributed by atoms with van der Waals surface area (Å²) in [5, 5.41) is 0. The molecule has 0 radical (unpaired) electrons. The van der Waals surface area contributed by atoms with Gasteiger partial charge in [-0.15, -0.1) is 0 Å². The molecule has 0 saturated carbocycles. The number of aryl methyl sites for hydroxylation is 2. The van der Waals surface area contributed by atoms with Gasteiger partial charge < -0.3 is 14.4 Å². The molecule has 0 bridgehead atoms. The fourth-order valence-electron chi connectivity index (χ4n) is 4.22. The molecule has 2 aromatic carbocycles. The van der Waals surface area contributed by atoms with Crippen molar-refractivity contribution in [3.05, 3.63) is 53.6 Å². The molecule has 8 heteroatoms. The molecule has 0 atom stereocenters. The number of para-hydroxylation sites is 1. The molecule has 31 heavy (non-hydrogen) atoms.